The molecular weight excluding hydrogens is 318 g/mol. The normalized spacial score (nSPS) is 12.1. The van der Waals surface area contributed by atoms with Crippen LogP contribution >= 0.6 is 11.6 Å². The van der Waals surface area contributed by atoms with Gasteiger partial charge in [0.2, 0.25) is 11.7 Å². The summed E-state index contributed by atoms with van der Waals surface area (Å²) in [5.41, 5.74) is 0.845. The number of amides is 1. The molecule has 0 saturated carbocycles. The quantitative estimate of drug-likeness (QED) is 0.776. The lowest BCUT2D eigenvalue weighted by atomic mass is 10.2. The van der Waals surface area contributed by atoms with Crippen LogP contribution in [0.1, 0.15) is 18.5 Å². The third kappa shape index (κ3) is 3.40. The van der Waals surface area contributed by atoms with Gasteiger partial charge in [0.05, 0.1) is 6.26 Å². The summed E-state index contributed by atoms with van der Waals surface area (Å²) in [5, 5.41) is 15.4. The van der Waals surface area contributed by atoms with Crippen LogP contribution in [-0.2, 0) is 11.3 Å². The molecule has 0 fully saturated rings. The van der Waals surface area contributed by atoms with Gasteiger partial charge < -0.3 is 9.73 Å². The molecule has 2 aromatic heterocycles. The molecule has 0 radical (unpaired) electrons. The topological polar surface area (TPSA) is 85.8 Å². The Morgan fingerprint density at radius 2 is 2.17 bits per heavy atom. The molecule has 0 aliphatic carbocycles. The maximum atomic E-state index is 12.2. The Balaban J connectivity index is 1.65. The third-order valence-electron chi connectivity index (χ3n) is 3.31. The van der Waals surface area contributed by atoms with Crippen LogP contribution in [0.25, 0.3) is 11.6 Å². The first kappa shape index (κ1) is 15.2. The third-order valence-corrected chi connectivity index (χ3v) is 3.68. The SMILES string of the molecule is C[C@@H](C(=O)NCc1ccccc1Cl)n1nnc(-c2ccco2)n1. The van der Waals surface area contributed by atoms with E-state index in [4.69, 9.17) is 16.0 Å². The number of furan rings is 1. The smallest absolute Gasteiger partial charge is 0.246 e. The van der Waals surface area contributed by atoms with Gasteiger partial charge in [0.1, 0.15) is 6.04 Å². The van der Waals surface area contributed by atoms with Gasteiger partial charge >= 0.3 is 0 Å². The van der Waals surface area contributed by atoms with E-state index in [1.807, 2.05) is 18.2 Å². The van der Waals surface area contributed by atoms with E-state index in [1.54, 1.807) is 25.1 Å². The highest BCUT2D eigenvalue weighted by Crippen LogP contribution is 2.16. The summed E-state index contributed by atoms with van der Waals surface area (Å²) < 4.78 is 5.20. The summed E-state index contributed by atoms with van der Waals surface area (Å²) in [7, 11) is 0. The molecule has 0 aliphatic rings. The largest absolute Gasteiger partial charge is 0.461 e. The van der Waals surface area contributed by atoms with Crippen LogP contribution in [0, 0.1) is 0 Å². The standard InChI is InChI=1S/C15H14ClN5O2/c1-10(15(22)17-9-11-5-2-3-6-12(11)16)21-19-14(18-20-21)13-7-4-8-23-13/h2-8,10H,9H2,1H3,(H,17,22)/t10-/m0/s1. The van der Waals surface area contributed by atoms with Gasteiger partial charge in [-0.25, -0.2) is 0 Å². The first-order valence-electron chi connectivity index (χ1n) is 6.99. The number of benzene rings is 1. The number of rotatable bonds is 5. The van der Waals surface area contributed by atoms with E-state index in [-0.39, 0.29) is 5.91 Å². The van der Waals surface area contributed by atoms with Crippen LogP contribution in [0.15, 0.2) is 47.1 Å². The van der Waals surface area contributed by atoms with Gasteiger partial charge in [-0.15, -0.1) is 10.2 Å². The number of nitrogens with one attached hydrogen (secondary N) is 1. The second-order valence-corrected chi connectivity index (χ2v) is 5.30. The van der Waals surface area contributed by atoms with Gasteiger partial charge in [0.25, 0.3) is 0 Å². The highest BCUT2D eigenvalue weighted by atomic mass is 35.5. The molecular formula is C15H14ClN5O2. The first-order valence-corrected chi connectivity index (χ1v) is 7.37. The molecule has 0 aliphatic heterocycles. The van der Waals surface area contributed by atoms with Crippen LogP contribution in [0.3, 0.4) is 0 Å². The molecule has 1 amide bonds. The van der Waals surface area contributed by atoms with E-state index in [0.29, 0.717) is 23.2 Å². The maximum Gasteiger partial charge on any atom is 0.246 e. The first-order chi connectivity index (χ1) is 11.1. The van der Waals surface area contributed by atoms with Crippen molar-refractivity contribution in [2.75, 3.05) is 0 Å². The summed E-state index contributed by atoms with van der Waals surface area (Å²) in [4.78, 5) is 13.5. The van der Waals surface area contributed by atoms with Gasteiger partial charge in [0, 0.05) is 11.6 Å². The Kier molecular flexibility index (Phi) is 4.38. The molecule has 7 nitrogen and oxygen atoms in total. The second kappa shape index (κ2) is 6.62. The van der Waals surface area contributed by atoms with Gasteiger partial charge in [-0.3, -0.25) is 4.79 Å². The fourth-order valence-corrected chi connectivity index (χ4v) is 2.17. The van der Waals surface area contributed by atoms with E-state index >= 15 is 0 Å². The van der Waals surface area contributed by atoms with E-state index in [0.717, 1.165) is 5.56 Å². The lowest BCUT2D eigenvalue weighted by molar-refractivity contribution is -0.124. The Morgan fingerprint density at radius 1 is 1.35 bits per heavy atom. The maximum absolute atomic E-state index is 12.2. The number of nitrogens with zero attached hydrogens (tertiary/aromatic N) is 4. The van der Waals surface area contributed by atoms with Gasteiger partial charge in [-0.2, -0.15) is 4.80 Å². The average molecular weight is 332 g/mol. The fourth-order valence-electron chi connectivity index (χ4n) is 1.97. The van der Waals surface area contributed by atoms with Crippen molar-refractivity contribution in [1.29, 1.82) is 0 Å². The molecule has 0 unspecified atom stereocenters. The number of halogens is 1. The van der Waals surface area contributed by atoms with Crippen LogP contribution in [0.5, 0.6) is 0 Å². The summed E-state index contributed by atoms with van der Waals surface area (Å²) in [6, 6.07) is 10.2. The van der Waals surface area contributed by atoms with Crippen molar-refractivity contribution in [2.24, 2.45) is 0 Å². The summed E-state index contributed by atoms with van der Waals surface area (Å²) in [6.07, 6.45) is 1.52. The minimum absolute atomic E-state index is 0.228. The molecule has 2 heterocycles. The van der Waals surface area contributed by atoms with Crippen LogP contribution in [0.2, 0.25) is 5.02 Å². The zero-order valence-electron chi connectivity index (χ0n) is 12.3. The Morgan fingerprint density at radius 3 is 2.91 bits per heavy atom. The van der Waals surface area contributed by atoms with E-state index in [2.05, 4.69) is 20.7 Å². The predicted octanol–water partition coefficient (Wildman–Crippen LogP) is 2.46. The van der Waals surface area contributed by atoms with Crippen LogP contribution in [-0.4, -0.2) is 26.1 Å². The molecule has 0 saturated heterocycles. The molecule has 0 spiro atoms. The van der Waals surface area contributed by atoms with Crippen molar-refractivity contribution in [2.45, 2.75) is 19.5 Å². The molecule has 3 rings (SSSR count). The lowest BCUT2D eigenvalue weighted by Gasteiger charge is -2.11. The molecule has 8 heteroatoms. The molecule has 23 heavy (non-hydrogen) atoms. The monoisotopic (exact) mass is 331 g/mol. The van der Waals surface area contributed by atoms with Crippen molar-refractivity contribution in [1.82, 2.24) is 25.5 Å². The minimum Gasteiger partial charge on any atom is -0.461 e. The molecule has 118 valence electrons. The van der Waals surface area contributed by atoms with Crippen molar-refractivity contribution >= 4 is 17.5 Å². The number of carbonyl (C=O) groups is 1. The summed E-state index contributed by atoms with van der Waals surface area (Å²) >= 11 is 6.06. The fraction of sp³-hybridized carbons (Fsp3) is 0.200. The zero-order valence-corrected chi connectivity index (χ0v) is 13.1. The van der Waals surface area contributed by atoms with Crippen molar-refractivity contribution in [3.63, 3.8) is 0 Å². The van der Waals surface area contributed by atoms with Crippen LogP contribution in [0.4, 0.5) is 0 Å². The van der Waals surface area contributed by atoms with Gasteiger partial charge in [0.15, 0.2) is 5.76 Å². The molecule has 1 aromatic carbocycles. The predicted molar refractivity (Wildman–Crippen MR) is 83.5 cm³/mol. The van der Waals surface area contributed by atoms with Crippen molar-refractivity contribution in [3.05, 3.63) is 53.2 Å². The number of hydrogen-bond acceptors (Lipinski definition) is 5. The Hall–Kier alpha value is -2.67. The number of hydrogen-bond donors (Lipinski definition) is 1. The minimum atomic E-state index is -0.603. The highest BCUT2D eigenvalue weighted by Gasteiger charge is 2.19. The second-order valence-electron chi connectivity index (χ2n) is 4.90. The molecule has 1 N–H and O–H groups in total. The number of aromatic nitrogens is 4. The Labute approximate surface area is 137 Å². The van der Waals surface area contributed by atoms with Crippen molar-refractivity contribution in [3.8, 4) is 11.6 Å². The molecule has 1 atom stereocenters. The lowest BCUT2D eigenvalue weighted by Crippen LogP contribution is -2.31. The van der Waals surface area contributed by atoms with E-state index < -0.39 is 6.04 Å². The summed E-state index contributed by atoms with van der Waals surface area (Å²) in [6.45, 7) is 2.03. The van der Waals surface area contributed by atoms with E-state index in [9.17, 15) is 4.79 Å². The average Bonchev–Trinajstić information content (AvgIpc) is 3.23. The van der Waals surface area contributed by atoms with E-state index in [1.165, 1.54) is 11.1 Å². The van der Waals surface area contributed by atoms with Crippen LogP contribution < -0.4 is 5.32 Å². The summed E-state index contributed by atoms with van der Waals surface area (Å²) in [5.74, 6) is 0.606. The Bertz CT molecular complexity index is 800. The van der Waals surface area contributed by atoms with Gasteiger partial charge in [-0.05, 0) is 35.9 Å². The number of carbonyl (C=O) groups excluding carboxylic acids is 1. The van der Waals surface area contributed by atoms with Gasteiger partial charge in [-0.1, -0.05) is 29.8 Å². The number of tetrazole rings is 1. The molecule has 0 bridgehead atoms. The molecule has 3 aromatic rings. The highest BCUT2D eigenvalue weighted by molar-refractivity contribution is 6.31. The zero-order chi connectivity index (χ0) is 16.2. The van der Waals surface area contributed by atoms with Crippen molar-refractivity contribution < 1.29 is 9.21 Å².